The zero-order valence-electron chi connectivity index (χ0n) is 48.6. The Morgan fingerprint density at radius 2 is 0.823 bits per heavy atom. The molecule has 7 N–H and O–H groups in total. The number of unbranched alkanes of at least 4 members (excludes halogenated alkanes) is 16. The summed E-state index contributed by atoms with van der Waals surface area (Å²) in [5.41, 5.74) is 0. The van der Waals surface area contributed by atoms with Gasteiger partial charge in [0, 0.05) is 13.0 Å². The lowest BCUT2D eigenvalue weighted by Crippen LogP contribution is -2.61. The zero-order chi connectivity index (χ0) is 57.2. The molecule has 0 saturated carbocycles. The molecule has 11 atom stereocenters. The summed E-state index contributed by atoms with van der Waals surface area (Å²) in [6, 6.07) is 0. The van der Waals surface area contributed by atoms with Gasteiger partial charge in [0.05, 0.1) is 26.4 Å². The molecule has 2 aliphatic rings. The first-order valence-corrected chi connectivity index (χ1v) is 30.5. The molecule has 2 aliphatic heterocycles. The van der Waals surface area contributed by atoms with E-state index in [0.29, 0.717) is 13.0 Å². The van der Waals surface area contributed by atoms with Crippen molar-refractivity contribution >= 4 is 5.97 Å². The van der Waals surface area contributed by atoms with Crippen LogP contribution in [0.2, 0.25) is 0 Å². The van der Waals surface area contributed by atoms with Crippen LogP contribution in [0.5, 0.6) is 0 Å². The second-order valence-corrected chi connectivity index (χ2v) is 20.8. The summed E-state index contributed by atoms with van der Waals surface area (Å²) in [7, 11) is 0. The average molecular weight is 1110 g/mol. The minimum Gasteiger partial charge on any atom is -0.457 e. The number of carbonyl (C=O) groups excluding carboxylic acids is 1. The summed E-state index contributed by atoms with van der Waals surface area (Å²) >= 11 is 0. The lowest BCUT2D eigenvalue weighted by Gasteiger charge is -2.42. The molecule has 0 bridgehead atoms. The fourth-order valence-corrected chi connectivity index (χ4v) is 8.88. The summed E-state index contributed by atoms with van der Waals surface area (Å²) in [5, 5.41) is 72.4. The molecule has 2 fully saturated rings. The Balaban J connectivity index is 1.73. The molecule has 2 rings (SSSR count). The van der Waals surface area contributed by atoms with Gasteiger partial charge in [0.1, 0.15) is 54.9 Å². The van der Waals surface area contributed by atoms with Crippen LogP contribution in [-0.4, -0.2) is 142 Å². The van der Waals surface area contributed by atoms with E-state index in [1.165, 1.54) is 57.8 Å². The van der Waals surface area contributed by atoms with Crippen LogP contribution < -0.4 is 0 Å². The number of carbonyl (C=O) groups is 1. The van der Waals surface area contributed by atoms with Crippen molar-refractivity contribution in [2.45, 2.75) is 261 Å². The van der Waals surface area contributed by atoms with Crippen LogP contribution in [0, 0.1) is 0 Å². The van der Waals surface area contributed by atoms with Crippen LogP contribution in [0.4, 0.5) is 0 Å². The van der Waals surface area contributed by atoms with E-state index in [1.807, 2.05) is 0 Å². The zero-order valence-corrected chi connectivity index (χ0v) is 48.6. The van der Waals surface area contributed by atoms with Crippen molar-refractivity contribution in [1.29, 1.82) is 0 Å². The largest absolute Gasteiger partial charge is 0.457 e. The Bertz CT molecular complexity index is 1720. The molecular weight excluding hydrogens is 1000 g/mol. The third-order valence-corrected chi connectivity index (χ3v) is 13.8. The Kier molecular flexibility index (Phi) is 45.8. The molecule has 0 aromatic heterocycles. The quantitative estimate of drug-likeness (QED) is 0.0172. The van der Waals surface area contributed by atoms with Gasteiger partial charge in [-0.1, -0.05) is 194 Å². The monoisotopic (exact) mass is 1110 g/mol. The van der Waals surface area contributed by atoms with Gasteiger partial charge < -0.3 is 64.2 Å². The van der Waals surface area contributed by atoms with Crippen LogP contribution in [0.25, 0.3) is 0 Å². The maximum absolute atomic E-state index is 13.1. The number of aliphatic hydroxyl groups excluding tert-OH is 7. The SMILES string of the molecule is CC/C=C\C/C=C\C/C=C\C/C=C\C/C=C\C/C=C\CCCCCCC(=O)OC(COCCCCCCCCC/C=C\C/C=C\C/C=C\CCCCCCC)COC1OC(COC2OC(CO)C(O)C(O)C2O)C(O)C(O)C1O. The number of hydrogen-bond acceptors (Lipinski definition) is 14. The van der Waals surface area contributed by atoms with Gasteiger partial charge in [-0.05, 0) is 103 Å². The van der Waals surface area contributed by atoms with E-state index in [4.69, 9.17) is 28.4 Å². The standard InChI is InChI=1S/C65H108O14/c1-3-5-7-9-11-13-15-17-19-21-23-25-27-28-30-32-34-36-38-40-42-44-46-48-57(67)77-54(51-74-49-47-45-43-41-39-37-35-33-31-29-26-24-22-20-18-16-14-12-10-8-6-4-2)52-75-64-63(73)61(71)59(69)56(79-64)53-76-65-62(72)60(70)58(68)55(50-66)78-65/h5,7,11,13,16-19,22-25,28-31,34,36,54-56,58-66,68-73H,3-4,6,8-10,12,14-15,20-21,26-27,32-33,35,37-53H2,1-2H3/b7-5-,13-11-,18-16-,19-17-,24-22-,25-23-,30-28-,31-29-,36-34-. The smallest absolute Gasteiger partial charge is 0.306 e. The molecule has 14 nitrogen and oxygen atoms in total. The predicted molar refractivity (Wildman–Crippen MR) is 316 cm³/mol. The summed E-state index contributed by atoms with van der Waals surface area (Å²) < 4.78 is 34.4. The molecule has 0 aromatic carbocycles. The molecule has 14 heteroatoms. The molecule has 0 aromatic rings. The van der Waals surface area contributed by atoms with Crippen molar-refractivity contribution in [3.05, 3.63) is 109 Å². The van der Waals surface area contributed by atoms with Crippen molar-refractivity contribution < 1.29 is 69.0 Å². The number of allylic oxidation sites excluding steroid dienone is 18. The fraction of sp³-hybridized carbons (Fsp3) is 0.708. The summed E-state index contributed by atoms with van der Waals surface area (Å²) in [6.45, 7) is 3.49. The minimum atomic E-state index is -1.72. The van der Waals surface area contributed by atoms with Gasteiger partial charge in [0.15, 0.2) is 12.6 Å². The maximum Gasteiger partial charge on any atom is 0.306 e. The van der Waals surface area contributed by atoms with Crippen LogP contribution in [0.1, 0.15) is 194 Å². The fourth-order valence-electron chi connectivity index (χ4n) is 8.88. The topological polar surface area (TPSA) is 214 Å². The van der Waals surface area contributed by atoms with Gasteiger partial charge in [-0.15, -0.1) is 0 Å². The van der Waals surface area contributed by atoms with Gasteiger partial charge in [-0.2, -0.15) is 0 Å². The second-order valence-electron chi connectivity index (χ2n) is 20.8. The second kappa shape index (κ2) is 50.4. The number of hydrogen-bond donors (Lipinski definition) is 7. The van der Waals surface area contributed by atoms with E-state index < -0.39 is 86.7 Å². The van der Waals surface area contributed by atoms with Crippen molar-refractivity contribution in [3.8, 4) is 0 Å². The predicted octanol–water partition coefficient (Wildman–Crippen LogP) is 11.5. The van der Waals surface area contributed by atoms with E-state index in [9.17, 15) is 40.5 Å². The van der Waals surface area contributed by atoms with Crippen LogP contribution in [0.15, 0.2) is 109 Å². The molecule has 0 amide bonds. The maximum atomic E-state index is 13.1. The summed E-state index contributed by atoms with van der Waals surface area (Å²) in [4.78, 5) is 13.1. The molecule has 11 unspecified atom stereocenters. The minimum absolute atomic E-state index is 0.0367. The lowest BCUT2D eigenvalue weighted by atomic mass is 9.98. The van der Waals surface area contributed by atoms with Gasteiger partial charge in [-0.25, -0.2) is 0 Å². The van der Waals surface area contributed by atoms with Crippen molar-refractivity contribution in [2.24, 2.45) is 0 Å². The van der Waals surface area contributed by atoms with E-state index >= 15 is 0 Å². The van der Waals surface area contributed by atoms with Gasteiger partial charge in [0.2, 0.25) is 0 Å². The molecule has 452 valence electrons. The summed E-state index contributed by atoms with van der Waals surface area (Å²) in [6.07, 6.45) is 52.8. The van der Waals surface area contributed by atoms with Crippen LogP contribution >= 0.6 is 0 Å². The van der Waals surface area contributed by atoms with E-state index in [-0.39, 0.29) is 19.6 Å². The molecule has 2 heterocycles. The highest BCUT2D eigenvalue weighted by molar-refractivity contribution is 5.69. The highest BCUT2D eigenvalue weighted by Gasteiger charge is 2.47. The van der Waals surface area contributed by atoms with Gasteiger partial charge >= 0.3 is 5.97 Å². The normalized spacial score (nSPS) is 24.8. The molecule has 79 heavy (non-hydrogen) atoms. The third-order valence-electron chi connectivity index (χ3n) is 13.8. The average Bonchev–Trinajstić information content (AvgIpc) is 3.46. The first kappa shape index (κ1) is 71.8. The number of rotatable bonds is 48. The number of esters is 1. The highest BCUT2D eigenvalue weighted by atomic mass is 16.7. The van der Waals surface area contributed by atoms with Gasteiger partial charge in [-0.3, -0.25) is 4.79 Å². The Hall–Kier alpha value is -3.35. The van der Waals surface area contributed by atoms with E-state index in [1.54, 1.807) is 0 Å². The van der Waals surface area contributed by atoms with Crippen molar-refractivity contribution in [3.63, 3.8) is 0 Å². The Labute approximate surface area is 476 Å². The van der Waals surface area contributed by atoms with E-state index in [0.717, 1.165) is 109 Å². The molecule has 0 radical (unpaired) electrons. The van der Waals surface area contributed by atoms with Crippen LogP contribution in [0.3, 0.4) is 0 Å². The Morgan fingerprint density at radius 3 is 1.29 bits per heavy atom. The van der Waals surface area contributed by atoms with Crippen LogP contribution in [-0.2, 0) is 33.2 Å². The Morgan fingerprint density at radius 1 is 0.430 bits per heavy atom. The molecule has 2 saturated heterocycles. The molecule has 0 spiro atoms. The van der Waals surface area contributed by atoms with Crippen molar-refractivity contribution in [2.75, 3.05) is 33.0 Å². The molecular formula is C65H108O14. The first-order chi connectivity index (χ1) is 38.6. The van der Waals surface area contributed by atoms with Gasteiger partial charge in [0.25, 0.3) is 0 Å². The number of aliphatic hydroxyl groups is 7. The molecule has 0 aliphatic carbocycles. The third kappa shape index (κ3) is 36.7. The number of ether oxygens (including phenoxy) is 6. The van der Waals surface area contributed by atoms with Crippen molar-refractivity contribution in [1.82, 2.24) is 0 Å². The lowest BCUT2D eigenvalue weighted by molar-refractivity contribution is -0.332. The van der Waals surface area contributed by atoms with E-state index in [2.05, 4.69) is 123 Å². The summed E-state index contributed by atoms with van der Waals surface area (Å²) in [5.74, 6) is -0.408. The highest BCUT2D eigenvalue weighted by Crippen LogP contribution is 2.26. The first-order valence-electron chi connectivity index (χ1n) is 30.5.